The molecule has 204 valence electrons. The molecule has 3 aromatic carbocycles. The highest BCUT2D eigenvalue weighted by Gasteiger charge is 2.30. The smallest absolute Gasteiger partial charge is 0.251 e. The molecule has 0 aliphatic carbocycles. The summed E-state index contributed by atoms with van der Waals surface area (Å²) >= 11 is 6.13. The van der Waals surface area contributed by atoms with Gasteiger partial charge in [0.2, 0.25) is 5.78 Å². The molecule has 6 rings (SSSR count). The second-order valence-electron chi connectivity index (χ2n) is 10.3. The zero-order valence-electron chi connectivity index (χ0n) is 22.4. The number of carbonyl (C=O) groups excluding carboxylic acids is 2. The second kappa shape index (κ2) is 11.0. The highest BCUT2D eigenvalue weighted by atomic mass is 35.5. The number of carbonyl (C=O) groups is 2. The number of fused-ring (bicyclic) bond motifs is 1. The van der Waals surface area contributed by atoms with E-state index in [1.165, 1.54) is 0 Å². The van der Waals surface area contributed by atoms with Crippen LogP contribution in [0.25, 0.3) is 16.6 Å². The van der Waals surface area contributed by atoms with Crippen LogP contribution in [0.1, 0.15) is 49.7 Å². The molecule has 3 heterocycles. The topological polar surface area (TPSA) is 107 Å². The van der Waals surface area contributed by atoms with Crippen LogP contribution in [0.15, 0.2) is 79.0 Å². The molecular weight excluding hydrogens is 536 g/mol. The fraction of sp³-hybridized carbons (Fsp3) is 0.188. The van der Waals surface area contributed by atoms with E-state index in [0.717, 1.165) is 29.4 Å². The van der Waals surface area contributed by atoms with Crippen LogP contribution in [0.4, 0.5) is 0 Å². The summed E-state index contributed by atoms with van der Waals surface area (Å²) in [6.07, 6.45) is 2.62. The van der Waals surface area contributed by atoms with Gasteiger partial charge in [0.1, 0.15) is 11.6 Å². The fourth-order valence-corrected chi connectivity index (χ4v) is 5.40. The average Bonchev–Trinajstić information content (AvgIpc) is 3.72. The van der Waals surface area contributed by atoms with Gasteiger partial charge in [-0.2, -0.15) is 10.4 Å². The minimum absolute atomic E-state index is 0.0482. The quantitative estimate of drug-likeness (QED) is 0.257. The van der Waals surface area contributed by atoms with E-state index in [4.69, 9.17) is 11.6 Å². The highest BCUT2D eigenvalue weighted by molar-refractivity contribution is 6.30. The summed E-state index contributed by atoms with van der Waals surface area (Å²) < 4.78 is 1.66. The number of nitrogens with zero attached hydrogens (tertiary/aromatic N) is 4. The molecule has 2 aromatic heterocycles. The summed E-state index contributed by atoms with van der Waals surface area (Å²) in [4.78, 5) is 31.8. The summed E-state index contributed by atoms with van der Waals surface area (Å²) in [5.74, 6) is -0.427. The number of nitriles is 1. The number of nitrogens with one attached hydrogen (secondary N) is 2. The predicted molar refractivity (Wildman–Crippen MR) is 157 cm³/mol. The van der Waals surface area contributed by atoms with Gasteiger partial charge in [0.25, 0.3) is 5.91 Å². The van der Waals surface area contributed by atoms with Gasteiger partial charge in [0.05, 0.1) is 11.4 Å². The van der Waals surface area contributed by atoms with E-state index in [1.54, 1.807) is 28.9 Å². The van der Waals surface area contributed by atoms with Crippen molar-refractivity contribution in [2.45, 2.75) is 25.9 Å². The van der Waals surface area contributed by atoms with Crippen molar-refractivity contribution in [1.29, 1.82) is 5.26 Å². The summed E-state index contributed by atoms with van der Waals surface area (Å²) in [6.45, 7) is 3.67. The van der Waals surface area contributed by atoms with Crippen molar-refractivity contribution in [2.75, 3.05) is 13.1 Å². The highest BCUT2D eigenvalue weighted by Crippen LogP contribution is 2.25. The Bertz CT molecular complexity index is 1800. The van der Waals surface area contributed by atoms with Crippen molar-refractivity contribution in [2.24, 2.45) is 0 Å². The Hall–Kier alpha value is -4.71. The summed E-state index contributed by atoms with van der Waals surface area (Å²) in [7, 11) is 0. The number of benzene rings is 3. The standard InChI is InChI=1S/C32H27ClN6O2/c1-20-2-4-22(5-3-20)31(40)30-27(17-34)29(39(37-30)26-10-8-24(33)9-11-26)19-38-15-13-25(18-38)36-32(41)23-7-6-21-12-14-35-28(21)16-23/h2-12,14,16,25,35H,13,15,18-19H2,1H3,(H,36,41). The van der Waals surface area contributed by atoms with E-state index < -0.39 is 0 Å². The number of aromatic amines is 1. The summed E-state index contributed by atoms with van der Waals surface area (Å²) in [5, 5.41) is 19.6. The number of likely N-dealkylation sites (tertiary alicyclic amines) is 1. The molecule has 0 bridgehead atoms. The normalized spacial score (nSPS) is 15.2. The van der Waals surface area contributed by atoms with Gasteiger partial charge in [-0.25, -0.2) is 4.68 Å². The van der Waals surface area contributed by atoms with Crippen molar-refractivity contribution >= 4 is 34.2 Å². The van der Waals surface area contributed by atoms with Crippen molar-refractivity contribution in [3.05, 3.63) is 118 Å². The first-order chi connectivity index (χ1) is 19.9. The largest absolute Gasteiger partial charge is 0.361 e. The first kappa shape index (κ1) is 26.5. The number of H-pyrrole nitrogens is 1. The Morgan fingerprint density at radius 2 is 1.83 bits per heavy atom. The van der Waals surface area contributed by atoms with E-state index in [1.807, 2.05) is 61.7 Å². The Balaban J connectivity index is 1.25. The molecule has 8 nitrogen and oxygen atoms in total. The zero-order valence-corrected chi connectivity index (χ0v) is 23.2. The Morgan fingerprint density at radius 3 is 2.59 bits per heavy atom. The van der Waals surface area contributed by atoms with E-state index in [9.17, 15) is 14.9 Å². The van der Waals surface area contributed by atoms with Gasteiger partial charge < -0.3 is 10.3 Å². The molecular formula is C32H27ClN6O2. The van der Waals surface area contributed by atoms with Crippen LogP contribution in [-0.4, -0.2) is 50.5 Å². The Morgan fingerprint density at radius 1 is 1.07 bits per heavy atom. The molecule has 1 fully saturated rings. The number of rotatable bonds is 7. The number of hydrogen-bond acceptors (Lipinski definition) is 5. The van der Waals surface area contributed by atoms with Gasteiger partial charge in [-0.3, -0.25) is 14.5 Å². The van der Waals surface area contributed by atoms with Gasteiger partial charge in [-0.15, -0.1) is 0 Å². The number of aromatic nitrogens is 3. The minimum atomic E-state index is -0.305. The van der Waals surface area contributed by atoms with Crippen molar-refractivity contribution in [3.63, 3.8) is 0 Å². The first-order valence-electron chi connectivity index (χ1n) is 13.4. The van der Waals surface area contributed by atoms with Crippen LogP contribution in [0.2, 0.25) is 5.02 Å². The number of amides is 1. The van der Waals surface area contributed by atoms with E-state index in [0.29, 0.717) is 40.6 Å². The van der Waals surface area contributed by atoms with E-state index >= 15 is 0 Å². The summed E-state index contributed by atoms with van der Waals surface area (Å²) in [6, 6.07) is 24.1. The van der Waals surface area contributed by atoms with Crippen molar-refractivity contribution < 1.29 is 9.59 Å². The third-order valence-corrected chi connectivity index (χ3v) is 7.74. The van der Waals surface area contributed by atoms with Crippen molar-refractivity contribution in [1.82, 2.24) is 25.0 Å². The van der Waals surface area contributed by atoms with Crippen LogP contribution >= 0.6 is 11.6 Å². The fourth-order valence-electron chi connectivity index (χ4n) is 5.28. The lowest BCUT2D eigenvalue weighted by Crippen LogP contribution is -2.37. The van der Waals surface area contributed by atoms with Gasteiger partial charge in [-0.1, -0.05) is 47.5 Å². The summed E-state index contributed by atoms with van der Waals surface area (Å²) in [5.41, 5.74) is 4.71. The molecule has 9 heteroatoms. The Kier molecular flexibility index (Phi) is 7.14. The molecule has 0 saturated carbocycles. The second-order valence-corrected chi connectivity index (χ2v) is 10.8. The molecule has 0 radical (unpaired) electrons. The third-order valence-electron chi connectivity index (χ3n) is 7.49. The molecule has 0 spiro atoms. The molecule has 1 aliphatic heterocycles. The lowest BCUT2D eigenvalue weighted by atomic mass is 10.0. The molecule has 41 heavy (non-hydrogen) atoms. The van der Waals surface area contributed by atoms with E-state index in [2.05, 4.69) is 26.4 Å². The number of ketones is 1. The third kappa shape index (κ3) is 5.38. The molecule has 1 amide bonds. The van der Waals surface area contributed by atoms with Crippen LogP contribution in [-0.2, 0) is 6.54 Å². The molecule has 1 atom stereocenters. The van der Waals surface area contributed by atoms with E-state index in [-0.39, 0.29) is 29.0 Å². The minimum Gasteiger partial charge on any atom is -0.361 e. The molecule has 2 N–H and O–H groups in total. The average molecular weight is 563 g/mol. The zero-order chi connectivity index (χ0) is 28.5. The van der Waals surface area contributed by atoms with Crippen LogP contribution in [0, 0.1) is 18.3 Å². The van der Waals surface area contributed by atoms with Crippen LogP contribution in [0.3, 0.4) is 0 Å². The number of aryl methyl sites for hydroxylation is 1. The number of halogens is 1. The van der Waals surface area contributed by atoms with Gasteiger partial charge in [0.15, 0.2) is 5.69 Å². The van der Waals surface area contributed by atoms with Crippen LogP contribution < -0.4 is 5.32 Å². The SMILES string of the molecule is Cc1ccc(C(=O)c2nn(-c3ccc(Cl)cc3)c(CN3CCC(NC(=O)c4ccc5cc[nH]c5c4)C3)c2C#N)cc1. The van der Waals surface area contributed by atoms with Gasteiger partial charge >= 0.3 is 0 Å². The Labute approximate surface area is 242 Å². The maximum atomic E-state index is 13.5. The molecule has 5 aromatic rings. The van der Waals surface area contributed by atoms with Crippen LogP contribution in [0.5, 0.6) is 0 Å². The van der Waals surface area contributed by atoms with Crippen molar-refractivity contribution in [3.8, 4) is 11.8 Å². The lowest BCUT2D eigenvalue weighted by molar-refractivity contribution is 0.0937. The predicted octanol–water partition coefficient (Wildman–Crippen LogP) is 5.42. The first-order valence-corrected chi connectivity index (χ1v) is 13.8. The molecule has 1 unspecified atom stereocenters. The maximum absolute atomic E-state index is 13.5. The van der Waals surface area contributed by atoms with Gasteiger partial charge in [-0.05, 0) is 61.2 Å². The maximum Gasteiger partial charge on any atom is 0.251 e. The number of hydrogen-bond donors (Lipinski definition) is 2. The molecule has 1 aliphatic rings. The lowest BCUT2D eigenvalue weighted by Gasteiger charge is -2.18. The van der Waals surface area contributed by atoms with Gasteiger partial charge in [0, 0.05) is 53.5 Å². The molecule has 1 saturated heterocycles. The monoisotopic (exact) mass is 562 g/mol.